The molecule has 3 aromatic rings. The van der Waals surface area contributed by atoms with E-state index in [2.05, 4.69) is 26.3 Å². The lowest BCUT2D eigenvalue weighted by Gasteiger charge is -2.19. The Bertz CT molecular complexity index is 1630. The van der Waals surface area contributed by atoms with Crippen LogP contribution in [0.5, 0.6) is 11.5 Å². The van der Waals surface area contributed by atoms with Gasteiger partial charge in [0.15, 0.2) is 5.96 Å². The number of hydrogen-bond donors (Lipinski definition) is 8. The molecule has 3 aromatic carbocycles. The second kappa shape index (κ2) is 18.2. The zero-order valence-corrected chi connectivity index (χ0v) is 27.3. The Hall–Kier alpha value is -4.88. The van der Waals surface area contributed by atoms with Gasteiger partial charge in [0.2, 0.25) is 5.91 Å². The van der Waals surface area contributed by atoms with E-state index in [0.717, 1.165) is 36.0 Å². The number of benzene rings is 3. The van der Waals surface area contributed by atoms with Gasteiger partial charge in [-0.3, -0.25) is 9.79 Å². The van der Waals surface area contributed by atoms with E-state index < -0.39 is 35.4 Å². The summed E-state index contributed by atoms with van der Waals surface area (Å²) < 4.78 is 87.5. The molecule has 50 heavy (non-hydrogen) atoms. The Morgan fingerprint density at radius 2 is 1.40 bits per heavy atom. The number of halogens is 6. The highest BCUT2D eigenvalue weighted by atomic mass is 32.2. The number of nitrogens with two attached hydrogens (primary N) is 4. The molecule has 3 amide bonds. The van der Waals surface area contributed by atoms with E-state index in [0.29, 0.717) is 12.8 Å². The lowest BCUT2D eigenvalue weighted by molar-refractivity contribution is -0.138. The predicted octanol–water partition coefficient (Wildman–Crippen LogP) is 5.96. The first-order valence-electron chi connectivity index (χ1n) is 15.0. The van der Waals surface area contributed by atoms with Crippen LogP contribution in [0.2, 0.25) is 0 Å². The third-order valence-corrected chi connectivity index (χ3v) is 7.63. The summed E-state index contributed by atoms with van der Waals surface area (Å²) in [6, 6.07) is 9.23. The van der Waals surface area contributed by atoms with Crippen LogP contribution in [0.4, 0.5) is 53.9 Å². The van der Waals surface area contributed by atoms with Crippen molar-refractivity contribution in [1.29, 1.82) is 0 Å². The quantitative estimate of drug-likeness (QED) is 0.0287. The van der Waals surface area contributed by atoms with Crippen LogP contribution in [0.1, 0.15) is 30.4 Å². The number of ether oxygens (including phenoxy) is 1. The number of unbranched alkanes of at least 4 members (excludes halogenated alkanes) is 1. The molecule has 0 spiro atoms. The fourth-order valence-electron chi connectivity index (χ4n) is 4.28. The van der Waals surface area contributed by atoms with Gasteiger partial charge in [-0.25, -0.2) is 4.79 Å². The maximum absolute atomic E-state index is 13.9. The summed E-state index contributed by atoms with van der Waals surface area (Å²) in [7, 11) is 0. The van der Waals surface area contributed by atoms with Crippen molar-refractivity contribution in [2.75, 3.05) is 53.2 Å². The smallest absolute Gasteiger partial charge is 0.416 e. The largest absolute Gasteiger partial charge is 0.457 e. The Labute approximate surface area is 287 Å². The minimum atomic E-state index is -4.82. The minimum Gasteiger partial charge on any atom is -0.457 e. The van der Waals surface area contributed by atoms with Gasteiger partial charge in [-0.1, -0.05) is 0 Å². The minimum absolute atomic E-state index is 0.0275. The number of nitrogens with zero attached hydrogens (tertiary/aromatic N) is 1. The standard InChI is InChI=1S/C31H37F6N9O3S/c32-30(33,34)18-13-21(42-11-8-38)17-23(14-18)49-22-6-4-20(5-7-22)44-29(48)46-25-16-19(31(35,36)37)15-24(27(25)50-12-9-39)45-26(47)3-1-2-10-43-28(40)41/h4-7,13-17,42H,1-3,8-12,38-39H2,(H,45,47)(H4,40,41,43)(H2,44,46,48). The van der Waals surface area contributed by atoms with Crippen LogP contribution in [0.15, 0.2) is 64.5 Å². The molecule has 0 aromatic heterocycles. The molecule has 0 radical (unpaired) electrons. The van der Waals surface area contributed by atoms with E-state index in [-0.39, 0.29) is 83.5 Å². The number of anilines is 4. The second-order valence-corrected chi connectivity index (χ2v) is 11.6. The van der Waals surface area contributed by atoms with E-state index in [1.807, 2.05) is 0 Å². The number of urea groups is 1. The van der Waals surface area contributed by atoms with E-state index in [4.69, 9.17) is 27.7 Å². The van der Waals surface area contributed by atoms with Gasteiger partial charge in [-0.05, 0) is 61.4 Å². The van der Waals surface area contributed by atoms with Crippen molar-refractivity contribution >= 4 is 52.4 Å². The predicted molar refractivity (Wildman–Crippen MR) is 183 cm³/mol. The number of aliphatic imine (C=N–C) groups is 1. The molecule has 0 aliphatic heterocycles. The Balaban J connectivity index is 1.78. The van der Waals surface area contributed by atoms with Crippen molar-refractivity contribution < 1.29 is 40.7 Å². The van der Waals surface area contributed by atoms with Crippen molar-refractivity contribution in [3.8, 4) is 11.5 Å². The molecule has 12 N–H and O–H groups in total. The van der Waals surface area contributed by atoms with Gasteiger partial charge >= 0.3 is 18.4 Å². The van der Waals surface area contributed by atoms with Crippen molar-refractivity contribution in [2.24, 2.45) is 27.9 Å². The molecule has 272 valence electrons. The Morgan fingerprint density at radius 3 is 2.00 bits per heavy atom. The molecule has 0 saturated heterocycles. The summed E-state index contributed by atoms with van der Waals surface area (Å²) in [6.07, 6.45) is -8.66. The Morgan fingerprint density at radius 1 is 0.760 bits per heavy atom. The Kier molecular flexibility index (Phi) is 14.4. The number of thioether (sulfide) groups is 1. The van der Waals surface area contributed by atoms with Crippen molar-refractivity contribution in [2.45, 2.75) is 36.5 Å². The highest BCUT2D eigenvalue weighted by Crippen LogP contribution is 2.41. The van der Waals surface area contributed by atoms with Crippen LogP contribution in [-0.2, 0) is 17.1 Å². The van der Waals surface area contributed by atoms with E-state index >= 15 is 0 Å². The number of carbonyl (C=O) groups excluding carboxylic acids is 2. The second-order valence-electron chi connectivity index (χ2n) is 10.5. The highest BCUT2D eigenvalue weighted by Gasteiger charge is 2.33. The molecule has 0 fully saturated rings. The molecule has 12 nitrogen and oxygen atoms in total. The molecule has 19 heteroatoms. The first-order valence-corrected chi connectivity index (χ1v) is 16.0. The summed E-state index contributed by atoms with van der Waals surface area (Å²) in [5.41, 5.74) is 19.5. The molecule has 0 aliphatic carbocycles. The van der Waals surface area contributed by atoms with Crippen LogP contribution >= 0.6 is 11.8 Å². The summed E-state index contributed by atoms with van der Waals surface area (Å²) in [5.74, 6) is -0.390. The van der Waals surface area contributed by atoms with Crippen LogP contribution in [-0.4, -0.2) is 49.8 Å². The van der Waals surface area contributed by atoms with Gasteiger partial charge in [-0.2, -0.15) is 26.3 Å². The number of rotatable bonds is 16. The van der Waals surface area contributed by atoms with E-state index in [1.54, 1.807) is 0 Å². The average Bonchev–Trinajstić information content (AvgIpc) is 3.03. The molecule has 0 bridgehead atoms. The maximum atomic E-state index is 13.9. The normalized spacial score (nSPS) is 11.4. The fraction of sp³-hybridized carbons (Fsp3) is 0.323. The van der Waals surface area contributed by atoms with Gasteiger partial charge in [-0.15, -0.1) is 11.8 Å². The molecule has 0 saturated carbocycles. The number of carbonyl (C=O) groups is 2. The fourth-order valence-corrected chi connectivity index (χ4v) is 5.13. The first kappa shape index (κ1) is 39.6. The molecule has 0 aliphatic rings. The van der Waals surface area contributed by atoms with Gasteiger partial charge in [0, 0.05) is 55.8 Å². The molecule has 0 atom stereocenters. The number of alkyl halides is 6. The molecular formula is C31H37F6N9O3S. The average molecular weight is 730 g/mol. The topological polar surface area (TPSA) is 208 Å². The van der Waals surface area contributed by atoms with Gasteiger partial charge in [0.1, 0.15) is 11.5 Å². The summed E-state index contributed by atoms with van der Waals surface area (Å²) >= 11 is 1.04. The zero-order valence-electron chi connectivity index (χ0n) is 26.5. The summed E-state index contributed by atoms with van der Waals surface area (Å²) in [5, 5.41) is 10.2. The van der Waals surface area contributed by atoms with Gasteiger partial charge < -0.3 is 48.9 Å². The summed E-state index contributed by atoms with van der Waals surface area (Å²) in [4.78, 5) is 29.6. The van der Waals surface area contributed by atoms with Crippen LogP contribution < -0.4 is 48.9 Å². The molecule has 0 heterocycles. The number of nitrogens with one attached hydrogen (secondary N) is 4. The van der Waals surface area contributed by atoms with Crippen LogP contribution in [0.25, 0.3) is 0 Å². The molecular weight excluding hydrogens is 692 g/mol. The van der Waals surface area contributed by atoms with Crippen molar-refractivity contribution in [3.05, 3.63) is 65.7 Å². The number of guanidine groups is 1. The van der Waals surface area contributed by atoms with Crippen molar-refractivity contribution in [3.63, 3.8) is 0 Å². The zero-order chi connectivity index (χ0) is 36.9. The third kappa shape index (κ3) is 12.9. The maximum Gasteiger partial charge on any atom is 0.416 e. The van der Waals surface area contributed by atoms with E-state index in [9.17, 15) is 35.9 Å². The highest BCUT2D eigenvalue weighted by molar-refractivity contribution is 7.99. The SMILES string of the molecule is NCCNc1cc(Oc2ccc(NC(=O)Nc3cc(C(F)(F)F)cc(NC(=O)CCCCN=C(N)N)c3SCCN)cc2)cc(C(F)(F)F)c1. The summed E-state index contributed by atoms with van der Waals surface area (Å²) in [6.45, 7) is 0.850. The third-order valence-electron chi connectivity index (χ3n) is 6.46. The molecule has 3 rings (SSSR count). The van der Waals surface area contributed by atoms with Crippen LogP contribution in [0, 0.1) is 0 Å². The molecule has 0 unspecified atom stereocenters. The van der Waals surface area contributed by atoms with Gasteiger partial charge in [0.05, 0.1) is 27.4 Å². The van der Waals surface area contributed by atoms with Crippen LogP contribution in [0.3, 0.4) is 0 Å². The first-order chi connectivity index (χ1) is 23.6. The lowest BCUT2D eigenvalue weighted by Crippen LogP contribution is -2.23. The number of amides is 3. The van der Waals surface area contributed by atoms with Gasteiger partial charge in [0.25, 0.3) is 0 Å². The van der Waals surface area contributed by atoms with Crippen molar-refractivity contribution in [1.82, 2.24) is 0 Å². The van der Waals surface area contributed by atoms with E-state index in [1.165, 1.54) is 30.3 Å². The monoisotopic (exact) mass is 729 g/mol. The number of hydrogen-bond acceptors (Lipinski definition) is 8. The lowest BCUT2D eigenvalue weighted by atomic mass is 10.1.